The van der Waals surface area contributed by atoms with Crippen LogP contribution in [0.15, 0.2) is 30.5 Å². The summed E-state index contributed by atoms with van der Waals surface area (Å²) in [5.41, 5.74) is 3.57. The Hall–Kier alpha value is -1.94. The lowest BCUT2D eigenvalue weighted by Gasteiger charge is -2.26. The molecule has 2 aromatic rings. The largest absolute Gasteiger partial charge is 0.361 e. The Balaban J connectivity index is 1.54. The number of H-pyrrole nitrogens is 1. The van der Waals surface area contributed by atoms with Crippen LogP contribution < -0.4 is 5.32 Å². The highest BCUT2D eigenvalue weighted by Crippen LogP contribution is 2.31. The molecule has 4 nitrogen and oxygen atoms in total. The minimum atomic E-state index is 0.0692. The van der Waals surface area contributed by atoms with Crippen LogP contribution in [0.25, 0.3) is 16.5 Å². The Morgan fingerprint density at radius 1 is 1.36 bits per heavy atom. The van der Waals surface area contributed by atoms with E-state index >= 15 is 0 Å². The van der Waals surface area contributed by atoms with E-state index in [0.717, 1.165) is 41.7 Å². The van der Waals surface area contributed by atoms with Gasteiger partial charge in [-0.15, -0.1) is 0 Å². The molecule has 2 amide bonds. The normalized spacial score (nSPS) is 18.4. The molecule has 114 valence electrons. The molecular weight excluding hydrogens is 298 g/mol. The first-order chi connectivity index (χ1) is 10.7. The van der Waals surface area contributed by atoms with Gasteiger partial charge in [0.2, 0.25) is 0 Å². The summed E-state index contributed by atoms with van der Waals surface area (Å²) in [5.74, 6) is 0. The predicted octanol–water partition coefficient (Wildman–Crippen LogP) is 3.78. The number of aromatic amines is 1. The van der Waals surface area contributed by atoms with Crippen molar-refractivity contribution in [2.45, 2.75) is 25.3 Å². The molecule has 1 aromatic heterocycles. The molecule has 1 fully saturated rings. The molecule has 1 aliphatic carbocycles. The standard InChI is InChI=1S/C17H18ClN3O/c18-12-1-4-16-14(9-12)15(10-19-16)11-5-7-21(8-6-11)17(22)20-13-2-3-13/h1,4-5,9-10,13,19H,2-3,6-8H2,(H,20,22). The smallest absolute Gasteiger partial charge is 0.317 e. The minimum Gasteiger partial charge on any atom is -0.361 e. The van der Waals surface area contributed by atoms with Crippen molar-refractivity contribution in [2.24, 2.45) is 0 Å². The zero-order valence-electron chi connectivity index (χ0n) is 12.2. The molecule has 2 heterocycles. The molecule has 0 bridgehead atoms. The van der Waals surface area contributed by atoms with E-state index in [0.29, 0.717) is 12.6 Å². The minimum absolute atomic E-state index is 0.0692. The van der Waals surface area contributed by atoms with Crippen molar-refractivity contribution < 1.29 is 4.79 Å². The van der Waals surface area contributed by atoms with Gasteiger partial charge in [0.05, 0.1) is 0 Å². The average molecular weight is 316 g/mol. The summed E-state index contributed by atoms with van der Waals surface area (Å²) < 4.78 is 0. The lowest BCUT2D eigenvalue weighted by molar-refractivity contribution is 0.202. The van der Waals surface area contributed by atoms with Gasteiger partial charge in [0.1, 0.15) is 0 Å². The van der Waals surface area contributed by atoms with Crippen LogP contribution in [0.5, 0.6) is 0 Å². The summed E-state index contributed by atoms with van der Waals surface area (Å²) in [5, 5.41) is 4.94. The third-order valence-electron chi connectivity index (χ3n) is 4.39. The first-order valence-electron chi connectivity index (χ1n) is 7.72. The highest BCUT2D eigenvalue weighted by atomic mass is 35.5. The number of nitrogens with zero attached hydrogens (tertiary/aromatic N) is 1. The van der Waals surface area contributed by atoms with E-state index < -0.39 is 0 Å². The van der Waals surface area contributed by atoms with E-state index in [1.54, 1.807) is 0 Å². The topological polar surface area (TPSA) is 48.1 Å². The maximum atomic E-state index is 12.1. The molecule has 2 aliphatic rings. The fourth-order valence-corrected chi connectivity index (χ4v) is 3.12. The second kappa shape index (κ2) is 5.36. The Kier molecular flexibility index (Phi) is 3.34. The number of benzene rings is 1. The first kappa shape index (κ1) is 13.7. The predicted molar refractivity (Wildman–Crippen MR) is 89.0 cm³/mol. The van der Waals surface area contributed by atoms with Crippen LogP contribution >= 0.6 is 11.6 Å². The molecule has 22 heavy (non-hydrogen) atoms. The van der Waals surface area contributed by atoms with E-state index in [-0.39, 0.29) is 6.03 Å². The number of rotatable bonds is 2. The lowest BCUT2D eigenvalue weighted by Crippen LogP contribution is -2.42. The molecule has 0 saturated heterocycles. The molecular formula is C17H18ClN3O. The van der Waals surface area contributed by atoms with Gasteiger partial charge in [0, 0.05) is 46.8 Å². The van der Waals surface area contributed by atoms with Gasteiger partial charge in [0.25, 0.3) is 0 Å². The number of hydrogen-bond acceptors (Lipinski definition) is 1. The Morgan fingerprint density at radius 2 is 2.23 bits per heavy atom. The van der Waals surface area contributed by atoms with Gasteiger partial charge in [-0.05, 0) is 43.0 Å². The number of halogens is 1. The van der Waals surface area contributed by atoms with Crippen LogP contribution in [0.4, 0.5) is 4.79 Å². The van der Waals surface area contributed by atoms with Crippen LogP contribution in [0.1, 0.15) is 24.8 Å². The second-order valence-electron chi connectivity index (χ2n) is 6.04. The molecule has 4 rings (SSSR count). The maximum Gasteiger partial charge on any atom is 0.317 e. The maximum absolute atomic E-state index is 12.1. The van der Waals surface area contributed by atoms with Crippen LogP contribution in [-0.2, 0) is 0 Å². The summed E-state index contributed by atoms with van der Waals surface area (Å²) >= 11 is 6.11. The summed E-state index contributed by atoms with van der Waals surface area (Å²) in [6.07, 6.45) is 7.30. The summed E-state index contributed by atoms with van der Waals surface area (Å²) in [7, 11) is 0. The third-order valence-corrected chi connectivity index (χ3v) is 4.63. The molecule has 1 aromatic carbocycles. The molecule has 0 atom stereocenters. The van der Waals surface area contributed by atoms with E-state index in [1.165, 1.54) is 11.1 Å². The SMILES string of the molecule is O=C(NC1CC1)N1CC=C(c2c[nH]c3ccc(Cl)cc23)CC1. The van der Waals surface area contributed by atoms with E-state index in [9.17, 15) is 4.79 Å². The van der Waals surface area contributed by atoms with Crippen molar-refractivity contribution in [1.29, 1.82) is 0 Å². The van der Waals surface area contributed by atoms with Crippen molar-refractivity contribution in [2.75, 3.05) is 13.1 Å². The second-order valence-corrected chi connectivity index (χ2v) is 6.48. The van der Waals surface area contributed by atoms with Gasteiger partial charge in [0.15, 0.2) is 0 Å². The molecule has 0 unspecified atom stereocenters. The Morgan fingerprint density at radius 3 is 2.95 bits per heavy atom. The molecule has 0 radical (unpaired) electrons. The van der Waals surface area contributed by atoms with Gasteiger partial charge in [-0.25, -0.2) is 4.79 Å². The van der Waals surface area contributed by atoms with E-state index in [2.05, 4.69) is 16.4 Å². The van der Waals surface area contributed by atoms with Crippen LogP contribution in [0, 0.1) is 0 Å². The van der Waals surface area contributed by atoms with Crippen LogP contribution in [0.3, 0.4) is 0 Å². The number of amides is 2. The number of urea groups is 1. The number of aromatic nitrogens is 1. The summed E-state index contributed by atoms with van der Waals surface area (Å²) in [6.45, 7) is 1.43. The highest BCUT2D eigenvalue weighted by Gasteiger charge is 2.26. The third kappa shape index (κ3) is 2.59. The number of carbonyl (C=O) groups excluding carboxylic acids is 1. The number of carbonyl (C=O) groups is 1. The summed E-state index contributed by atoms with van der Waals surface area (Å²) in [4.78, 5) is 17.2. The van der Waals surface area contributed by atoms with Gasteiger partial charge >= 0.3 is 6.03 Å². The zero-order valence-corrected chi connectivity index (χ0v) is 13.0. The monoisotopic (exact) mass is 315 g/mol. The Bertz CT molecular complexity index is 760. The number of fused-ring (bicyclic) bond motifs is 1. The molecule has 5 heteroatoms. The van der Waals surface area contributed by atoms with Crippen molar-refractivity contribution in [1.82, 2.24) is 15.2 Å². The average Bonchev–Trinajstić information content (AvgIpc) is 3.24. The zero-order chi connectivity index (χ0) is 15.1. The van der Waals surface area contributed by atoms with E-state index in [1.807, 2.05) is 29.3 Å². The van der Waals surface area contributed by atoms with E-state index in [4.69, 9.17) is 11.6 Å². The molecule has 0 spiro atoms. The van der Waals surface area contributed by atoms with Crippen molar-refractivity contribution in [3.8, 4) is 0 Å². The molecule has 1 saturated carbocycles. The fraction of sp³-hybridized carbons (Fsp3) is 0.353. The van der Waals surface area contributed by atoms with Crippen molar-refractivity contribution in [3.05, 3.63) is 41.1 Å². The first-order valence-corrected chi connectivity index (χ1v) is 8.10. The Labute approximate surface area is 134 Å². The van der Waals surface area contributed by atoms with Crippen LogP contribution in [0.2, 0.25) is 5.02 Å². The van der Waals surface area contributed by atoms with Crippen molar-refractivity contribution in [3.63, 3.8) is 0 Å². The lowest BCUT2D eigenvalue weighted by atomic mass is 9.99. The fourth-order valence-electron chi connectivity index (χ4n) is 2.95. The molecule has 1 aliphatic heterocycles. The quantitative estimate of drug-likeness (QED) is 0.870. The van der Waals surface area contributed by atoms with Gasteiger partial charge in [-0.3, -0.25) is 0 Å². The van der Waals surface area contributed by atoms with Crippen molar-refractivity contribution >= 4 is 34.1 Å². The number of nitrogens with one attached hydrogen (secondary N) is 2. The van der Waals surface area contributed by atoms with Crippen LogP contribution in [-0.4, -0.2) is 35.0 Å². The van der Waals surface area contributed by atoms with Gasteiger partial charge < -0.3 is 15.2 Å². The number of hydrogen-bond donors (Lipinski definition) is 2. The molecule has 2 N–H and O–H groups in total. The summed E-state index contributed by atoms with van der Waals surface area (Å²) in [6, 6.07) is 6.37. The van der Waals surface area contributed by atoms with Gasteiger partial charge in [-0.2, -0.15) is 0 Å². The highest BCUT2D eigenvalue weighted by molar-refractivity contribution is 6.31. The van der Waals surface area contributed by atoms with Gasteiger partial charge in [-0.1, -0.05) is 17.7 Å².